The van der Waals surface area contributed by atoms with Crippen LogP contribution in [0, 0.1) is 5.92 Å². The van der Waals surface area contributed by atoms with E-state index < -0.39 is 5.97 Å². The summed E-state index contributed by atoms with van der Waals surface area (Å²) in [5.74, 6) is 0.537. The summed E-state index contributed by atoms with van der Waals surface area (Å²) in [7, 11) is 0. The molecular formula is C14H16N2O3. The third-order valence-electron chi connectivity index (χ3n) is 3.06. The molecule has 1 N–H and O–H groups in total. The molecule has 1 heterocycles. The highest BCUT2D eigenvalue weighted by atomic mass is 16.5. The Bertz CT molecular complexity index is 578. The second-order valence-electron chi connectivity index (χ2n) is 4.62. The lowest BCUT2D eigenvalue weighted by Crippen LogP contribution is -1.98. The zero-order chi connectivity index (χ0) is 13.8. The van der Waals surface area contributed by atoms with Crippen molar-refractivity contribution in [3.8, 4) is 11.4 Å². The number of hydrogen-bond acceptors (Lipinski definition) is 4. The summed E-state index contributed by atoms with van der Waals surface area (Å²) in [4.78, 5) is 15.2. The van der Waals surface area contributed by atoms with Crippen LogP contribution in [-0.4, -0.2) is 21.2 Å². The molecule has 0 amide bonds. The van der Waals surface area contributed by atoms with E-state index in [-0.39, 0.29) is 5.56 Å². The monoisotopic (exact) mass is 260 g/mol. The minimum atomic E-state index is -0.967. The summed E-state index contributed by atoms with van der Waals surface area (Å²) in [5.41, 5.74) is 0.866. The van der Waals surface area contributed by atoms with Crippen molar-refractivity contribution in [1.29, 1.82) is 0 Å². The van der Waals surface area contributed by atoms with E-state index in [1.165, 1.54) is 6.07 Å². The van der Waals surface area contributed by atoms with Gasteiger partial charge in [-0.05, 0) is 18.1 Å². The van der Waals surface area contributed by atoms with Gasteiger partial charge in [-0.2, -0.15) is 4.98 Å². The number of carboxylic acids is 1. The summed E-state index contributed by atoms with van der Waals surface area (Å²) in [5, 5.41) is 12.8. The van der Waals surface area contributed by atoms with Gasteiger partial charge in [0.15, 0.2) is 0 Å². The van der Waals surface area contributed by atoms with Crippen LogP contribution < -0.4 is 0 Å². The number of hydrogen-bond donors (Lipinski definition) is 1. The Labute approximate surface area is 111 Å². The Balaban J connectivity index is 2.22. The van der Waals surface area contributed by atoms with Crippen LogP contribution in [0.15, 0.2) is 28.8 Å². The van der Waals surface area contributed by atoms with E-state index in [1.807, 2.05) is 0 Å². The smallest absolute Gasteiger partial charge is 0.335 e. The topological polar surface area (TPSA) is 76.2 Å². The van der Waals surface area contributed by atoms with Crippen LogP contribution in [0.2, 0.25) is 0 Å². The van der Waals surface area contributed by atoms with Crippen molar-refractivity contribution in [3.63, 3.8) is 0 Å². The highest BCUT2D eigenvalue weighted by Gasteiger charge is 2.12. The van der Waals surface area contributed by atoms with Crippen molar-refractivity contribution in [1.82, 2.24) is 10.1 Å². The maximum absolute atomic E-state index is 10.9. The molecular weight excluding hydrogens is 244 g/mol. The highest BCUT2D eigenvalue weighted by molar-refractivity contribution is 5.89. The SMILES string of the molecule is CCC(C)Cc1nc(-c2cccc(C(=O)O)c2)no1. The molecule has 0 bridgehead atoms. The van der Waals surface area contributed by atoms with Crippen LogP contribution in [0.25, 0.3) is 11.4 Å². The number of rotatable bonds is 5. The number of carboxylic acid groups (broad SMARTS) is 1. The summed E-state index contributed by atoms with van der Waals surface area (Å²) in [6.45, 7) is 4.23. The van der Waals surface area contributed by atoms with E-state index in [9.17, 15) is 4.79 Å². The minimum absolute atomic E-state index is 0.214. The first-order valence-corrected chi connectivity index (χ1v) is 6.26. The van der Waals surface area contributed by atoms with Gasteiger partial charge in [-0.1, -0.05) is 37.6 Å². The maximum atomic E-state index is 10.9. The molecule has 0 aliphatic rings. The second-order valence-corrected chi connectivity index (χ2v) is 4.62. The van der Waals surface area contributed by atoms with Crippen LogP contribution in [0.3, 0.4) is 0 Å². The molecule has 5 heteroatoms. The summed E-state index contributed by atoms with van der Waals surface area (Å²) >= 11 is 0. The predicted octanol–water partition coefficient (Wildman–Crippen LogP) is 3.02. The van der Waals surface area contributed by atoms with Gasteiger partial charge < -0.3 is 9.63 Å². The lowest BCUT2D eigenvalue weighted by Gasteiger charge is -2.01. The zero-order valence-electron chi connectivity index (χ0n) is 11.0. The molecule has 1 atom stereocenters. The molecule has 5 nitrogen and oxygen atoms in total. The van der Waals surface area contributed by atoms with Gasteiger partial charge >= 0.3 is 5.97 Å². The van der Waals surface area contributed by atoms with Crippen LogP contribution in [-0.2, 0) is 6.42 Å². The highest BCUT2D eigenvalue weighted by Crippen LogP contribution is 2.19. The molecule has 1 unspecified atom stereocenters. The summed E-state index contributed by atoms with van der Waals surface area (Å²) < 4.78 is 5.18. The fourth-order valence-electron chi connectivity index (χ4n) is 1.69. The maximum Gasteiger partial charge on any atom is 0.335 e. The third kappa shape index (κ3) is 3.19. The number of nitrogens with zero attached hydrogens (tertiary/aromatic N) is 2. The summed E-state index contributed by atoms with van der Waals surface area (Å²) in [6.07, 6.45) is 1.79. The molecule has 2 rings (SSSR count). The average Bonchev–Trinajstić information content (AvgIpc) is 2.87. The van der Waals surface area contributed by atoms with Gasteiger partial charge in [-0.25, -0.2) is 4.79 Å². The van der Waals surface area contributed by atoms with Gasteiger partial charge in [0.25, 0.3) is 0 Å². The largest absolute Gasteiger partial charge is 0.478 e. The normalized spacial score (nSPS) is 12.3. The van der Waals surface area contributed by atoms with Crippen LogP contribution in [0.1, 0.15) is 36.5 Å². The van der Waals surface area contributed by atoms with Crippen molar-refractivity contribution < 1.29 is 14.4 Å². The lowest BCUT2D eigenvalue weighted by atomic mass is 10.1. The molecule has 100 valence electrons. The zero-order valence-corrected chi connectivity index (χ0v) is 11.0. The van der Waals surface area contributed by atoms with E-state index in [4.69, 9.17) is 9.63 Å². The Morgan fingerprint density at radius 1 is 1.47 bits per heavy atom. The first kappa shape index (κ1) is 13.3. The molecule has 0 aliphatic carbocycles. The fourth-order valence-corrected chi connectivity index (χ4v) is 1.69. The van der Waals surface area contributed by atoms with Gasteiger partial charge in [-0.3, -0.25) is 0 Å². The Morgan fingerprint density at radius 2 is 2.26 bits per heavy atom. The van der Waals surface area contributed by atoms with Crippen molar-refractivity contribution in [2.75, 3.05) is 0 Å². The first-order chi connectivity index (χ1) is 9.10. The Morgan fingerprint density at radius 3 is 2.95 bits per heavy atom. The lowest BCUT2D eigenvalue weighted by molar-refractivity contribution is 0.0697. The number of aromatic carboxylic acids is 1. The molecule has 1 aromatic carbocycles. The van der Waals surface area contributed by atoms with Crippen LogP contribution in [0.4, 0.5) is 0 Å². The van der Waals surface area contributed by atoms with E-state index in [0.29, 0.717) is 23.2 Å². The molecule has 0 fully saturated rings. The van der Waals surface area contributed by atoms with Crippen molar-refractivity contribution in [2.24, 2.45) is 5.92 Å². The quantitative estimate of drug-likeness (QED) is 0.894. The number of benzene rings is 1. The Hall–Kier alpha value is -2.17. The Kier molecular flexibility index (Phi) is 3.94. The molecule has 0 saturated carbocycles. The predicted molar refractivity (Wildman–Crippen MR) is 69.9 cm³/mol. The molecule has 0 saturated heterocycles. The molecule has 0 aliphatic heterocycles. The fraction of sp³-hybridized carbons (Fsp3) is 0.357. The van der Waals surface area contributed by atoms with E-state index in [0.717, 1.165) is 12.8 Å². The third-order valence-corrected chi connectivity index (χ3v) is 3.06. The van der Waals surface area contributed by atoms with Gasteiger partial charge in [0.2, 0.25) is 11.7 Å². The van der Waals surface area contributed by atoms with Crippen LogP contribution in [0.5, 0.6) is 0 Å². The van der Waals surface area contributed by atoms with Crippen molar-refractivity contribution in [3.05, 3.63) is 35.7 Å². The number of carbonyl (C=O) groups is 1. The molecule has 2 aromatic rings. The van der Waals surface area contributed by atoms with Gasteiger partial charge in [0.05, 0.1) is 5.56 Å². The van der Waals surface area contributed by atoms with E-state index in [1.54, 1.807) is 18.2 Å². The molecule has 0 radical (unpaired) electrons. The first-order valence-electron chi connectivity index (χ1n) is 6.26. The standard InChI is InChI=1S/C14H16N2O3/c1-3-9(2)7-12-15-13(16-19-12)10-5-4-6-11(8-10)14(17)18/h4-6,8-9H,3,7H2,1-2H3,(H,17,18). The van der Waals surface area contributed by atoms with Crippen LogP contribution >= 0.6 is 0 Å². The molecule has 1 aromatic heterocycles. The molecule has 0 spiro atoms. The molecule has 19 heavy (non-hydrogen) atoms. The number of aromatic nitrogens is 2. The second kappa shape index (κ2) is 5.65. The minimum Gasteiger partial charge on any atom is -0.478 e. The van der Waals surface area contributed by atoms with Crippen molar-refractivity contribution >= 4 is 5.97 Å². The average molecular weight is 260 g/mol. The summed E-state index contributed by atoms with van der Waals surface area (Å²) in [6, 6.07) is 6.51. The van der Waals surface area contributed by atoms with Gasteiger partial charge in [-0.15, -0.1) is 0 Å². The van der Waals surface area contributed by atoms with Gasteiger partial charge in [0, 0.05) is 12.0 Å². The van der Waals surface area contributed by atoms with E-state index >= 15 is 0 Å². The van der Waals surface area contributed by atoms with E-state index in [2.05, 4.69) is 24.0 Å². The van der Waals surface area contributed by atoms with Crippen molar-refractivity contribution in [2.45, 2.75) is 26.7 Å². The van der Waals surface area contributed by atoms with Gasteiger partial charge in [0.1, 0.15) is 0 Å².